The molecule has 0 atom stereocenters. The Bertz CT molecular complexity index is 1710. The van der Waals surface area contributed by atoms with E-state index >= 15 is 0 Å². The Morgan fingerprint density at radius 1 is 0.972 bits per heavy atom. The van der Waals surface area contributed by atoms with E-state index in [0.717, 1.165) is 6.07 Å². The van der Waals surface area contributed by atoms with Crippen LogP contribution in [0.1, 0.15) is 5.56 Å². The number of benzene rings is 3. The molecule has 0 saturated heterocycles. The molecule has 2 heterocycles. The molecule has 0 saturated carbocycles. The van der Waals surface area contributed by atoms with Gasteiger partial charge in [-0.1, -0.05) is 17.3 Å². The number of methoxy groups -OCH3 is 1. The second-order valence-electron chi connectivity index (χ2n) is 7.86. The molecule has 0 aliphatic carbocycles. The lowest BCUT2D eigenvalue weighted by molar-refractivity contribution is 0.416. The van der Waals surface area contributed by atoms with E-state index in [1.807, 2.05) is 0 Å². The predicted molar refractivity (Wildman–Crippen MR) is 129 cm³/mol. The molecule has 0 unspecified atom stereocenters. The summed E-state index contributed by atoms with van der Waals surface area (Å²) in [6.07, 6.45) is 2.56. The van der Waals surface area contributed by atoms with Crippen molar-refractivity contribution >= 4 is 26.7 Å². The second-order valence-corrected chi connectivity index (χ2v) is 9.54. The first-order chi connectivity index (χ1) is 17.3. The van der Waals surface area contributed by atoms with Crippen LogP contribution < -0.4 is 9.46 Å². The fourth-order valence-corrected chi connectivity index (χ4v) is 4.94. The molecule has 0 fully saturated rings. The van der Waals surface area contributed by atoms with Gasteiger partial charge in [-0.05, 0) is 54.4 Å². The Morgan fingerprint density at radius 3 is 2.56 bits per heavy atom. The van der Waals surface area contributed by atoms with Gasteiger partial charge in [-0.3, -0.25) is 4.72 Å². The molecule has 0 amide bonds. The number of halogens is 2. The average Bonchev–Trinajstić information content (AvgIpc) is 3.37. The Hall–Kier alpha value is -4.38. The van der Waals surface area contributed by atoms with Gasteiger partial charge in [-0.25, -0.2) is 27.2 Å². The van der Waals surface area contributed by atoms with Crippen LogP contribution >= 0.6 is 0 Å². The molecule has 5 aromatic rings. The summed E-state index contributed by atoms with van der Waals surface area (Å²) in [4.78, 5) is 8.61. The lowest BCUT2D eigenvalue weighted by Crippen LogP contribution is -2.13. The van der Waals surface area contributed by atoms with E-state index in [-0.39, 0.29) is 16.3 Å². The summed E-state index contributed by atoms with van der Waals surface area (Å²) in [5, 5.41) is 4.13. The number of aromatic nitrogens is 3. The summed E-state index contributed by atoms with van der Waals surface area (Å²) >= 11 is 0. The van der Waals surface area contributed by atoms with Crippen LogP contribution in [0.15, 0.2) is 76.6 Å². The first-order valence-corrected chi connectivity index (χ1v) is 12.1. The number of fused-ring (bicyclic) bond motifs is 1. The number of nitrogens with one attached hydrogen (secondary N) is 1. The highest BCUT2D eigenvalue weighted by Gasteiger charge is 2.20. The van der Waals surface area contributed by atoms with Gasteiger partial charge in [0.1, 0.15) is 18.3 Å². The summed E-state index contributed by atoms with van der Waals surface area (Å²) in [5.74, 6) is -1.46. The van der Waals surface area contributed by atoms with E-state index in [1.54, 1.807) is 25.1 Å². The smallest absolute Gasteiger partial charge is 0.263 e. The van der Waals surface area contributed by atoms with E-state index in [4.69, 9.17) is 4.74 Å². The van der Waals surface area contributed by atoms with Crippen molar-refractivity contribution in [3.8, 4) is 28.1 Å². The Morgan fingerprint density at radius 2 is 1.81 bits per heavy atom. The van der Waals surface area contributed by atoms with Crippen molar-refractivity contribution in [3.63, 3.8) is 0 Å². The zero-order valence-electron chi connectivity index (χ0n) is 19.0. The molecule has 0 spiro atoms. The van der Waals surface area contributed by atoms with Crippen LogP contribution in [0.25, 0.3) is 33.3 Å². The minimum Gasteiger partial charge on any atom is -0.496 e. The minimum atomic E-state index is -3.94. The highest BCUT2D eigenvalue weighted by Crippen LogP contribution is 2.39. The number of ether oxygens (including phenoxy) is 1. The summed E-state index contributed by atoms with van der Waals surface area (Å²) in [6, 6.07) is 13.2. The molecule has 0 bridgehead atoms. The molecule has 182 valence electrons. The lowest BCUT2D eigenvalue weighted by atomic mass is 9.95. The monoisotopic (exact) mass is 508 g/mol. The maximum absolute atomic E-state index is 14.5. The van der Waals surface area contributed by atoms with Crippen LogP contribution in [0, 0.1) is 18.6 Å². The third-order valence-corrected chi connectivity index (χ3v) is 6.99. The summed E-state index contributed by atoms with van der Waals surface area (Å²) in [7, 11) is -2.48. The van der Waals surface area contributed by atoms with Crippen molar-refractivity contribution < 1.29 is 26.5 Å². The van der Waals surface area contributed by atoms with E-state index in [0.29, 0.717) is 39.0 Å². The maximum Gasteiger partial charge on any atom is 0.263 e. The number of hydrogen-bond donors (Lipinski definition) is 1. The van der Waals surface area contributed by atoms with E-state index in [1.165, 1.54) is 50.0 Å². The van der Waals surface area contributed by atoms with Crippen molar-refractivity contribution in [1.29, 1.82) is 0 Å². The molecular weight excluding hydrogens is 490 g/mol. The zero-order valence-corrected chi connectivity index (χ0v) is 19.8. The molecular formula is C25H18F2N4O4S. The van der Waals surface area contributed by atoms with Crippen molar-refractivity contribution in [2.24, 2.45) is 0 Å². The Balaban J connectivity index is 1.61. The number of anilines is 1. The molecule has 0 radical (unpaired) electrons. The van der Waals surface area contributed by atoms with Crippen LogP contribution in [0.5, 0.6) is 5.75 Å². The number of nitrogens with zero attached hydrogens (tertiary/aromatic N) is 3. The first kappa shape index (κ1) is 23.4. The second kappa shape index (κ2) is 9.00. The summed E-state index contributed by atoms with van der Waals surface area (Å²) in [5.41, 5.74) is 2.69. The van der Waals surface area contributed by atoms with Gasteiger partial charge in [-0.2, -0.15) is 0 Å². The van der Waals surface area contributed by atoms with Crippen molar-refractivity contribution in [1.82, 2.24) is 15.1 Å². The Kier molecular flexibility index (Phi) is 5.84. The van der Waals surface area contributed by atoms with Gasteiger partial charge in [0.15, 0.2) is 17.5 Å². The van der Waals surface area contributed by atoms with E-state index < -0.39 is 21.7 Å². The summed E-state index contributed by atoms with van der Waals surface area (Å²) in [6.45, 7) is 1.77. The molecule has 5 rings (SSSR count). The van der Waals surface area contributed by atoms with Gasteiger partial charge in [0.25, 0.3) is 10.0 Å². The molecule has 0 aliphatic rings. The molecule has 2 aromatic heterocycles. The molecule has 8 nitrogen and oxygen atoms in total. The van der Waals surface area contributed by atoms with Crippen LogP contribution in [-0.2, 0) is 10.0 Å². The molecule has 3 aromatic carbocycles. The number of sulfonamides is 1. The van der Waals surface area contributed by atoms with Gasteiger partial charge >= 0.3 is 0 Å². The Labute approximate surface area is 204 Å². The van der Waals surface area contributed by atoms with Gasteiger partial charge in [0.2, 0.25) is 0 Å². The van der Waals surface area contributed by atoms with Gasteiger partial charge < -0.3 is 9.26 Å². The highest BCUT2D eigenvalue weighted by atomic mass is 32.2. The van der Waals surface area contributed by atoms with E-state index in [2.05, 4.69) is 24.4 Å². The SMILES string of the molecule is COc1cc(-c2cccc(F)c2F)c(C)cc1-c1ncnc2cc(S(=O)(=O)Nc3ccon3)ccc12. The van der Waals surface area contributed by atoms with Crippen LogP contribution in [-0.4, -0.2) is 30.7 Å². The van der Waals surface area contributed by atoms with Crippen molar-refractivity contribution in [2.45, 2.75) is 11.8 Å². The predicted octanol–water partition coefficient (Wildman–Crippen LogP) is 5.35. The van der Waals surface area contributed by atoms with Gasteiger partial charge in [0.05, 0.1) is 23.2 Å². The number of rotatable bonds is 6. The third-order valence-electron chi connectivity index (χ3n) is 5.64. The fourth-order valence-electron chi connectivity index (χ4n) is 3.92. The molecule has 11 heteroatoms. The molecule has 36 heavy (non-hydrogen) atoms. The lowest BCUT2D eigenvalue weighted by Gasteiger charge is -2.15. The third kappa shape index (κ3) is 4.13. The van der Waals surface area contributed by atoms with Crippen LogP contribution in [0.2, 0.25) is 0 Å². The maximum atomic E-state index is 14.5. The van der Waals surface area contributed by atoms with E-state index in [9.17, 15) is 17.2 Å². The fraction of sp³-hybridized carbons (Fsp3) is 0.0800. The quantitative estimate of drug-likeness (QED) is 0.330. The first-order valence-electron chi connectivity index (χ1n) is 10.6. The average molecular weight is 509 g/mol. The summed E-state index contributed by atoms with van der Waals surface area (Å²) < 4.78 is 66.4. The van der Waals surface area contributed by atoms with Gasteiger partial charge in [-0.15, -0.1) is 0 Å². The standard InChI is InChI=1S/C25H18F2N4O4S/c1-14-10-19(22(34-2)12-18(14)16-4-3-5-20(26)24(16)27)25-17-7-6-15(11-21(17)28-13-29-25)36(32,33)31-23-8-9-35-30-23/h3-13H,1-2H3,(H,30,31). The topological polar surface area (TPSA) is 107 Å². The van der Waals surface area contributed by atoms with Crippen LogP contribution in [0.4, 0.5) is 14.6 Å². The zero-order chi connectivity index (χ0) is 25.4. The molecule has 0 aliphatic heterocycles. The number of aryl methyl sites for hydroxylation is 1. The van der Waals surface area contributed by atoms with Crippen molar-refractivity contribution in [3.05, 3.63) is 84.4 Å². The van der Waals surface area contributed by atoms with Gasteiger partial charge in [0, 0.05) is 22.6 Å². The minimum absolute atomic E-state index is 0.0253. The highest BCUT2D eigenvalue weighted by molar-refractivity contribution is 7.92. The normalized spacial score (nSPS) is 11.6. The molecule has 1 N–H and O–H groups in total. The van der Waals surface area contributed by atoms with Crippen LogP contribution in [0.3, 0.4) is 0 Å². The largest absolute Gasteiger partial charge is 0.496 e. The number of hydrogen-bond acceptors (Lipinski definition) is 7. The van der Waals surface area contributed by atoms with Crippen molar-refractivity contribution in [2.75, 3.05) is 11.8 Å².